The minimum atomic E-state index is -0.466. The molecule has 19 heavy (non-hydrogen) atoms. The van der Waals surface area contributed by atoms with Gasteiger partial charge >= 0.3 is 5.97 Å². The van der Waals surface area contributed by atoms with Crippen molar-refractivity contribution < 1.29 is 14.3 Å². The molecule has 0 radical (unpaired) electrons. The Hall–Kier alpha value is -1.87. The van der Waals surface area contributed by atoms with Crippen LogP contribution in [0, 0.1) is 5.92 Å². The van der Waals surface area contributed by atoms with E-state index in [4.69, 9.17) is 9.47 Å². The molecule has 2 aliphatic heterocycles. The number of rotatable bonds is 2. The zero-order valence-corrected chi connectivity index (χ0v) is 10.8. The summed E-state index contributed by atoms with van der Waals surface area (Å²) in [5, 5.41) is 0. The van der Waals surface area contributed by atoms with E-state index in [9.17, 15) is 4.79 Å². The smallest absolute Gasteiger partial charge is 0.340 e. The van der Waals surface area contributed by atoms with Crippen LogP contribution in [0.1, 0.15) is 18.9 Å². The van der Waals surface area contributed by atoms with Gasteiger partial charge in [-0.05, 0) is 24.0 Å². The Labute approximate surface area is 112 Å². The third-order valence-electron chi connectivity index (χ3n) is 3.59. The van der Waals surface area contributed by atoms with Crippen LogP contribution in [0.3, 0.4) is 0 Å². The van der Waals surface area contributed by atoms with Crippen molar-refractivity contribution in [2.75, 3.05) is 6.61 Å². The third kappa shape index (κ3) is 2.34. The third-order valence-corrected chi connectivity index (χ3v) is 3.59. The summed E-state index contributed by atoms with van der Waals surface area (Å²) in [6.45, 7) is 2.77. The summed E-state index contributed by atoms with van der Waals surface area (Å²) in [7, 11) is 0. The minimum Gasteiger partial charge on any atom is -0.428 e. The van der Waals surface area contributed by atoms with Gasteiger partial charge in [-0.1, -0.05) is 43.3 Å². The fourth-order valence-electron chi connectivity index (χ4n) is 2.51. The summed E-state index contributed by atoms with van der Waals surface area (Å²) in [5.74, 6) is 0.0570. The Bertz CT molecular complexity index is 542. The van der Waals surface area contributed by atoms with Crippen molar-refractivity contribution in [1.29, 1.82) is 0 Å². The van der Waals surface area contributed by atoms with Crippen LogP contribution < -0.4 is 0 Å². The first-order chi connectivity index (χ1) is 9.25. The number of esters is 1. The molecule has 2 unspecified atom stereocenters. The fraction of sp³-hybridized carbons (Fsp3) is 0.312. The average Bonchev–Trinajstić information content (AvgIpc) is 2.75. The molecule has 1 aromatic rings. The molecule has 2 aliphatic rings. The standard InChI is InChI=1S/C16H16O3/c1-11-9-10-18-16-14(11)13(15(17)19-16)8-7-12-5-3-2-4-6-12/h2-8,11,16H,9-10H2,1H3. The van der Waals surface area contributed by atoms with E-state index in [0.29, 0.717) is 18.1 Å². The van der Waals surface area contributed by atoms with Crippen molar-refractivity contribution >= 4 is 12.0 Å². The van der Waals surface area contributed by atoms with Crippen LogP contribution in [0.5, 0.6) is 0 Å². The molecule has 2 heterocycles. The van der Waals surface area contributed by atoms with Gasteiger partial charge in [0, 0.05) is 5.57 Å². The molecule has 1 saturated heterocycles. The monoisotopic (exact) mass is 256 g/mol. The Morgan fingerprint density at radius 2 is 2.00 bits per heavy atom. The van der Waals surface area contributed by atoms with Gasteiger partial charge in [0.15, 0.2) is 0 Å². The predicted octanol–water partition coefficient (Wildman–Crippen LogP) is 2.94. The van der Waals surface area contributed by atoms with Gasteiger partial charge in [0.25, 0.3) is 0 Å². The van der Waals surface area contributed by atoms with E-state index >= 15 is 0 Å². The van der Waals surface area contributed by atoms with Crippen LogP contribution in [0.25, 0.3) is 6.08 Å². The van der Waals surface area contributed by atoms with Gasteiger partial charge in [-0.2, -0.15) is 0 Å². The van der Waals surface area contributed by atoms with E-state index in [1.54, 1.807) is 0 Å². The van der Waals surface area contributed by atoms with Gasteiger partial charge in [0.05, 0.1) is 12.2 Å². The largest absolute Gasteiger partial charge is 0.428 e. The molecule has 3 rings (SSSR count). The lowest BCUT2D eigenvalue weighted by Crippen LogP contribution is -2.26. The van der Waals surface area contributed by atoms with Crippen molar-refractivity contribution in [3.05, 3.63) is 53.1 Å². The quantitative estimate of drug-likeness (QED) is 0.763. The highest BCUT2D eigenvalue weighted by Gasteiger charge is 2.38. The lowest BCUT2D eigenvalue weighted by atomic mass is 9.92. The van der Waals surface area contributed by atoms with Crippen LogP contribution in [-0.2, 0) is 14.3 Å². The number of benzene rings is 1. The van der Waals surface area contributed by atoms with Crippen LogP contribution in [0.15, 0.2) is 47.6 Å². The number of hydrogen-bond acceptors (Lipinski definition) is 3. The van der Waals surface area contributed by atoms with E-state index in [1.165, 1.54) is 0 Å². The molecule has 0 spiro atoms. The second kappa shape index (κ2) is 5.02. The normalized spacial score (nSPS) is 26.7. The molecule has 3 heteroatoms. The molecule has 2 atom stereocenters. The van der Waals surface area contributed by atoms with E-state index in [0.717, 1.165) is 17.6 Å². The molecule has 0 N–H and O–H groups in total. The first-order valence-electron chi connectivity index (χ1n) is 6.55. The van der Waals surface area contributed by atoms with Gasteiger partial charge in [0.1, 0.15) is 0 Å². The Morgan fingerprint density at radius 3 is 2.79 bits per heavy atom. The van der Waals surface area contributed by atoms with Gasteiger partial charge in [0.2, 0.25) is 6.29 Å². The molecular formula is C16H16O3. The average molecular weight is 256 g/mol. The van der Waals surface area contributed by atoms with E-state index < -0.39 is 6.29 Å². The Balaban J connectivity index is 1.91. The van der Waals surface area contributed by atoms with Crippen molar-refractivity contribution in [3.63, 3.8) is 0 Å². The molecule has 0 amide bonds. The summed E-state index contributed by atoms with van der Waals surface area (Å²) >= 11 is 0. The SMILES string of the molecule is CC1CCOC2OC(=O)C(C=Cc3ccccc3)=C12. The lowest BCUT2D eigenvalue weighted by Gasteiger charge is -2.25. The highest BCUT2D eigenvalue weighted by molar-refractivity contribution is 5.96. The molecule has 1 aromatic carbocycles. The van der Waals surface area contributed by atoms with Gasteiger partial charge in [-0.25, -0.2) is 4.79 Å². The van der Waals surface area contributed by atoms with Crippen LogP contribution in [-0.4, -0.2) is 18.9 Å². The topological polar surface area (TPSA) is 35.5 Å². The zero-order chi connectivity index (χ0) is 13.2. The molecule has 98 valence electrons. The zero-order valence-electron chi connectivity index (χ0n) is 10.8. The molecule has 0 aliphatic carbocycles. The number of carbonyl (C=O) groups excluding carboxylic acids is 1. The van der Waals surface area contributed by atoms with Crippen LogP contribution in [0.4, 0.5) is 0 Å². The number of carbonyl (C=O) groups is 1. The number of ether oxygens (including phenoxy) is 2. The van der Waals surface area contributed by atoms with Crippen molar-refractivity contribution in [2.24, 2.45) is 5.92 Å². The summed E-state index contributed by atoms with van der Waals surface area (Å²) in [6.07, 6.45) is 4.25. The maximum atomic E-state index is 11.9. The number of hydrogen-bond donors (Lipinski definition) is 0. The lowest BCUT2D eigenvalue weighted by molar-refractivity contribution is -0.164. The Kier molecular flexibility index (Phi) is 3.22. The molecule has 0 saturated carbocycles. The summed E-state index contributed by atoms with van der Waals surface area (Å²) in [4.78, 5) is 11.9. The first-order valence-corrected chi connectivity index (χ1v) is 6.55. The summed E-state index contributed by atoms with van der Waals surface area (Å²) < 4.78 is 10.7. The molecule has 0 aromatic heterocycles. The maximum absolute atomic E-state index is 11.9. The van der Waals surface area contributed by atoms with Crippen molar-refractivity contribution in [1.82, 2.24) is 0 Å². The molecular weight excluding hydrogens is 240 g/mol. The highest BCUT2D eigenvalue weighted by atomic mass is 16.7. The van der Waals surface area contributed by atoms with E-state index in [-0.39, 0.29) is 5.97 Å². The fourth-order valence-corrected chi connectivity index (χ4v) is 2.51. The van der Waals surface area contributed by atoms with Crippen molar-refractivity contribution in [3.8, 4) is 0 Å². The minimum absolute atomic E-state index is 0.277. The first kappa shape index (κ1) is 12.2. The molecule has 0 bridgehead atoms. The van der Waals surface area contributed by atoms with Gasteiger partial charge < -0.3 is 9.47 Å². The van der Waals surface area contributed by atoms with Gasteiger partial charge in [-0.15, -0.1) is 0 Å². The second-order valence-corrected chi connectivity index (χ2v) is 4.91. The number of fused-ring (bicyclic) bond motifs is 1. The summed E-state index contributed by atoms with van der Waals surface area (Å²) in [6, 6.07) is 9.91. The molecule has 3 nitrogen and oxygen atoms in total. The van der Waals surface area contributed by atoms with Crippen LogP contribution in [0.2, 0.25) is 0 Å². The predicted molar refractivity (Wildman–Crippen MR) is 72.1 cm³/mol. The van der Waals surface area contributed by atoms with Gasteiger partial charge in [-0.3, -0.25) is 0 Å². The maximum Gasteiger partial charge on any atom is 0.340 e. The Morgan fingerprint density at radius 1 is 1.21 bits per heavy atom. The second-order valence-electron chi connectivity index (χ2n) is 4.91. The molecule has 1 fully saturated rings. The van der Waals surface area contributed by atoms with E-state index in [2.05, 4.69) is 6.92 Å². The highest BCUT2D eigenvalue weighted by Crippen LogP contribution is 2.35. The van der Waals surface area contributed by atoms with E-state index in [1.807, 2.05) is 42.5 Å². The van der Waals surface area contributed by atoms with Crippen molar-refractivity contribution in [2.45, 2.75) is 19.6 Å². The summed E-state index contributed by atoms with van der Waals surface area (Å²) in [5.41, 5.74) is 2.71. The van der Waals surface area contributed by atoms with Crippen LogP contribution >= 0.6 is 0 Å².